The highest BCUT2D eigenvalue weighted by Crippen LogP contribution is 2.21. The van der Waals surface area contributed by atoms with Crippen molar-refractivity contribution in [3.8, 4) is 11.5 Å². The van der Waals surface area contributed by atoms with Crippen LogP contribution in [0.25, 0.3) is 0 Å². The summed E-state index contributed by atoms with van der Waals surface area (Å²) in [4.78, 5) is 29.2. The van der Waals surface area contributed by atoms with E-state index in [-0.39, 0.29) is 24.5 Å². The molecule has 1 aliphatic rings. The molecule has 38 heavy (non-hydrogen) atoms. The molecular formula is C32H38N2O4. The number of carbonyl (C=O) groups is 2. The average Bonchev–Trinajstić information content (AvgIpc) is 2.96. The van der Waals surface area contributed by atoms with Gasteiger partial charge in [-0.15, -0.1) is 0 Å². The lowest BCUT2D eigenvalue weighted by Crippen LogP contribution is -2.53. The van der Waals surface area contributed by atoms with E-state index in [0.717, 1.165) is 42.4 Å². The first-order chi connectivity index (χ1) is 18.5. The van der Waals surface area contributed by atoms with E-state index in [0.29, 0.717) is 24.5 Å². The summed E-state index contributed by atoms with van der Waals surface area (Å²) in [6, 6.07) is 24.6. The van der Waals surface area contributed by atoms with Gasteiger partial charge in [0.15, 0.2) is 6.61 Å². The van der Waals surface area contributed by atoms with Crippen LogP contribution in [0.4, 0.5) is 0 Å². The fourth-order valence-electron chi connectivity index (χ4n) is 4.89. The van der Waals surface area contributed by atoms with Crippen molar-refractivity contribution >= 4 is 11.8 Å². The Kier molecular flexibility index (Phi) is 9.79. The average molecular weight is 515 g/mol. The molecule has 0 bridgehead atoms. The monoisotopic (exact) mass is 514 g/mol. The van der Waals surface area contributed by atoms with Crippen LogP contribution in [0.2, 0.25) is 0 Å². The second kappa shape index (κ2) is 13.7. The zero-order chi connectivity index (χ0) is 26.7. The van der Waals surface area contributed by atoms with Gasteiger partial charge in [0, 0.05) is 19.0 Å². The molecule has 2 amide bonds. The number of methoxy groups -OCH3 is 1. The molecule has 200 valence electrons. The number of rotatable bonds is 11. The Labute approximate surface area is 226 Å². The van der Waals surface area contributed by atoms with Gasteiger partial charge in [0.25, 0.3) is 5.91 Å². The van der Waals surface area contributed by atoms with E-state index in [1.807, 2.05) is 61.5 Å². The predicted molar refractivity (Wildman–Crippen MR) is 149 cm³/mol. The third kappa shape index (κ3) is 7.85. The molecule has 0 aromatic heterocycles. The van der Waals surface area contributed by atoms with E-state index in [1.165, 1.54) is 6.42 Å². The molecule has 1 aliphatic carbocycles. The third-order valence-corrected chi connectivity index (χ3v) is 7.12. The smallest absolute Gasteiger partial charge is 0.261 e. The Morgan fingerprint density at radius 1 is 0.868 bits per heavy atom. The molecule has 6 nitrogen and oxygen atoms in total. The fraction of sp³-hybridized carbons (Fsp3) is 0.375. The maximum Gasteiger partial charge on any atom is 0.261 e. The summed E-state index contributed by atoms with van der Waals surface area (Å²) in [6.45, 7) is 2.19. The standard InChI is InChI=1S/C32H38N2O4/c1-24-13-15-26(16-14-24)22-34(31(35)23-38-29-19-17-28(37-2)18-20-29)30(21-25-9-5-3-6-10-25)32(36)33-27-11-7-4-8-12-27/h3,5-6,9-10,13-20,27,30H,4,7-8,11-12,21-23H2,1-2H3,(H,33,36)/t30-/m1/s1. The van der Waals surface area contributed by atoms with Gasteiger partial charge >= 0.3 is 0 Å². The second-order valence-corrected chi connectivity index (χ2v) is 10.0. The van der Waals surface area contributed by atoms with Gasteiger partial charge in [-0.3, -0.25) is 9.59 Å². The normalized spacial score (nSPS) is 14.4. The van der Waals surface area contributed by atoms with Crippen LogP contribution in [0.3, 0.4) is 0 Å². The molecule has 1 N–H and O–H groups in total. The third-order valence-electron chi connectivity index (χ3n) is 7.12. The lowest BCUT2D eigenvalue weighted by atomic mass is 9.94. The number of nitrogens with zero attached hydrogens (tertiary/aromatic N) is 1. The van der Waals surface area contributed by atoms with E-state index >= 15 is 0 Å². The fourth-order valence-corrected chi connectivity index (χ4v) is 4.89. The summed E-state index contributed by atoms with van der Waals surface area (Å²) in [5.41, 5.74) is 3.12. The van der Waals surface area contributed by atoms with E-state index < -0.39 is 6.04 Å². The van der Waals surface area contributed by atoms with Crippen molar-refractivity contribution in [2.24, 2.45) is 0 Å². The number of benzene rings is 3. The Balaban J connectivity index is 1.58. The summed E-state index contributed by atoms with van der Waals surface area (Å²) < 4.78 is 11.1. The molecule has 1 fully saturated rings. The van der Waals surface area contributed by atoms with Gasteiger partial charge in [-0.1, -0.05) is 79.4 Å². The Morgan fingerprint density at radius 2 is 1.53 bits per heavy atom. The van der Waals surface area contributed by atoms with Gasteiger partial charge in [-0.25, -0.2) is 0 Å². The van der Waals surface area contributed by atoms with Gasteiger partial charge in [-0.2, -0.15) is 0 Å². The van der Waals surface area contributed by atoms with Crippen LogP contribution in [-0.2, 0) is 22.6 Å². The quantitative estimate of drug-likeness (QED) is 0.368. The first-order valence-corrected chi connectivity index (χ1v) is 13.5. The van der Waals surface area contributed by atoms with E-state index in [9.17, 15) is 9.59 Å². The van der Waals surface area contributed by atoms with Crippen molar-refractivity contribution in [1.29, 1.82) is 0 Å². The number of nitrogens with one attached hydrogen (secondary N) is 1. The van der Waals surface area contributed by atoms with Crippen LogP contribution in [0.5, 0.6) is 11.5 Å². The molecule has 3 aromatic carbocycles. The largest absolute Gasteiger partial charge is 0.497 e. The number of hydrogen-bond donors (Lipinski definition) is 1. The molecule has 0 heterocycles. The van der Waals surface area contributed by atoms with Crippen LogP contribution in [-0.4, -0.2) is 42.5 Å². The van der Waals surface area contributed by atoms with Crippen LogP contribution in [0.15, 0.2) is 78.9 Å². The first kappa shape index (κ1) is 27.2. The topological polar surface area (TPSA) is 67.9 Å². The Bertz CT molecular complexity index is 1160. The molecular weight excluding hydrogens is 476 g/mol. The molecule has 0 aliphatic heterocycles. The van der Waals surface area contributed by atoms with Gasteiger partial charge in [0.05, 0.1) is 7.11 Å². The van der Waals surface area contributed by atoms with E-state index in [1.54, 1.807) is 36.3 Å². The first-order valence-electron chi connectivity index (χ1n) is 13.5. The number of carbonyl (C=O) groups excluding carboxylic acids is 2. The van der Waals surface area contributed by atoms with Crippen LogP contribution in [0.1, 0.15) is 48.8 Å². The highest BCUT2D eigenvalue weighted by molar-refractivity contribution is 5.88. The van der Waals surface area contributed by atoms with Crippen LogP contribution < -0.4 is 14.8 Å². The van der Waals surface area contributed by atoms with Crippen molar-refractivity contribution < 1.29 is 19.1 Å². The summed E-state index contributed by atoms with van der Waals surface area (Å²) >= 11 is 0. The Hall–Kier alpha value is -3.80. The molecule has 0 spiro atoms. The number of amides is 2. The van der Waals surface area contributed by atoms with Crippen molar-refractivity contribution in [1.82, 2.24) is 10.2 Å². The van der Waals surface area contributed by atoms with E-state index in [4.69, 9.17) is 9.47 Å². The Morgan fingerprint density at radius 3 is 2.18 bits per heavy atom. The van der Waals surface area contributed by atoms with Crippen molar-refractivity contribution in [2.75, 3.05) is 13.7 Å². The summed E-state index contributed by atoms with van der Waals surface area (Å²) in [5, 5.41) is 3.27. The molecule has 0 radical (unpaired) electrons. The van der Waals surface area contributed by atoms with Gasteiger partial charge in [0.2, 0.25) is 5.91 Å². The lowest BCUT2D eigenvalue weighted by molar-refractivity contribution is -0.143. The summed E-state index contributed by atoms with van der Waals surface area (Å²) in [6.07, 6.45) is 5.85. The van der Waals surface area contributed by atoms with Gasteiger partial charge < -0.3 is 19.7 Å². The maximum atomic E-state index is 13.8. The maximum absolute atomic E-state index is 13.8. The zero-order valence-electron chi connectivity index (χ0n) is 22.4. The second-order valence-electron chi connectivity index (χ2n) is 10.0. The molecule has 0 unspecified atom stereocenters. The number of hydrogen-bond acceptors (Lipinski definition) is 4. The summed E-state index contributed by atoms with van der Waals surface area (Å²) in [7, 11) is 1.60. The highest BCUT2D eigenvalue weighted by Gasteiger charge is 2.32. The van der Waals surface area contributed by atoms with Crippen molar-refractivity contribution in [3.05, 3.63) is 95.6 Å². The van der Waals surface area contributed by atoms with Crippen LogP contribution >= 0.6 is 0 Å². The highest BCUT2D eigenvalue weighted by atomic mass is 16.5. The van der Waals surface area contributed by atoms with E-state index in [2.05, 4.69) is 5.32 Å². The lowest BCUT2D eigenvalue weighted by Gasteiger charge is -2.33. The molecule has 6 heteroatoms. The van der Waals surface area contributed by atoms with Crippen molar-refractivity contribution in [3.63, 3.8) is 0 Å². The zero-order valence-corrected chi connectivity index (χ0v) is 22.4. The number of aryl methyl sites for hydroxylation is 1. The molecule has 0 saturated heterocycles. The molecule has 1 atom stereocenters. The van der Waals surface area contributed by atoms with Crippen molar-refractivity contribution in [2.45, 2.75) is 64.1 Å². The minimum atomic E-state index is -0.660. The SMILES string of the molecule is COc1ccc(OCC(=O)N(Cc2ccc(C)cc2)[C@H](Cc2ccccc2)C(=O)NC2CCCCC2)cc1. The molecule has 1 saturated carbocycles. The number of ether oxygens (including phenoxy) is 2. The minimum absolute atomic E-state index is 0.106. The summed E-state index contributed by atoms with van der Waals surface area (Å²) in [5.74, 6) is 0.944. The van der Waals surface area contributed by atoms with Gasteiger partial charge in [-0.05, 0) is 55.2 Å². The predicted octanol–water partition coefficient (Wildman–Crippen LogP) is 5.47. The van der Waals surface area contributed by atoms with Crippen LogP contribution in [0, 0.1) is 6.92 Å². The molecule has 3 aromatic rings. The minimum Gasteiger partial charge on any atom is -0.497 e. The van der Waals surface area contributed by atoms with Gasteiger partial charge in [0.1, 0.15) is 17.5 Å². The molecule has 4 rings (SSSR count).